The minimum absolute atomic E-state index is 0.106. The quantitative estimate of drug-likeness (QED) is 0.819. The number of benzene rings is 1. The minimum atomic E-state index is 0.106. The summed E-state index contributed by atoms with van der Waals surface area (Å²) in [4.78, 5) is 0. The van der Waals surface area contributed by atoms with E-state index in [-0.39, 0.29) is 6.61 Å². The van der Waals surface area contributed by atoms with Crippen LogP contribution in [0, 0.1) is 0 Å². The molecule has 1 heteroatoms. The van der Waals surface area contributed by atoms with E-state index in [0.717, 1.165) is 5.57 Å². The highest BCUT2D eigenvalue weighted by Gasteiger charge is 2.07. The van der Waals surface area contributed by atoms with Crippen LogP contribution in [0.4, 0.5) is 0 Å². The van der Waals surface area contributed by atoms with Gasteiger partial charge in [0.15, 0.2) is 0 Å². The first-order valence-corrected chi connectivity index (χ1v) is 6.38. The predicted octanol–water partition coefficient (Wildman–Crippen LogP) is 4.33. The molecular formula is C16H24O. The fourth-order valence-electron chi connectivity index (χ4n) is 1.83. The molecule has 0 heterocycles. The topological polar surface area (TPSA) is 20.2 Å². The Bertz CT molecular complexity index is 374. The Morgan fingerprint density at radius 3 is 1.88 bits per heavy atom. The maximum absolute atomic E-state index is 8.98. The van der Waals surface area contributed by atoms with Gasteiger partial charge in [-0.25, -0.2) is 0 Å². The molecule has 0 saturated carbocycles. The molecule has 0 aromatic heterocycles. The fraction of sp³-hybridized carbons (Fsp3) is 0.500. The molecule has 0 fully saturated rings. The van der Waals surface area contributed by atoms with Crippen molar-refractivity contribution >= 4 is 5.57 Å². The van der Waals surface area contributed by atoms with Crippen molar-refractivity contribution in [2.45, 2.75) is 46.5 Å². The molecule has 1 aromatic carbocycles. The summed E-state index contributed by atoms with van der Waals surface area (Å²) in [6.45, 7) is 11.0. The Kier molecular flexibility index (Phi) is 4.95. The number of hydrogen-bond donors (Lipinski definition) is 1. The van der Waals surface area contributed by atoms with Crippen molar-refractivity contribution in [2.75, 3.05) is 6.61 Å². The summed E-state index contributed by atoms with van der Waals surface area (Å²) in [7, 11) is 0. The lowest BCUT2D eigenvalue weighted by Gasteiger charge is -2.14. The molecule has 0 unspecified atom stereocenters. The SMILES string of the molecule is CC(=CCO)c1cc(C(C)C)cc(C(C)C)c1. The largest absolute Gasteiger partial charge is 0.392 e. The number of aliphatic hydroxyl groups is 1. The average molecular weight is 232 g/mol. The predicted molar refractivity (Wildman–Crippen MR) is 75.4 cm³/mol. The molecular weight excluding hydrogens is 208 g/mol. The second kappa shape index (κ2) is 6.02. The highest BCUT2D eigenvalue weighted by Crippen LogP contribution is 2.26. The molecule has 0 spiro atoms. The first-order chi connectivity index (χ1) is 7.95. The van der Waals surface area contributed by atoms with E-state index < -0.39 is 0 Å². The number of aliphatic hydroxyl groups excluding tert-OH is 1. The summed E-state index contributed by atoms with van der Waals surface area (Å²) in [5.41, 5.74) is 5.12. The van der Waals surface area contributed by atoms with Gasteiger partial charge in [0, 0.05) is 0 Å². The minimum Gasteiger partial charge on any atom is -0.392 e. The van der Waals surface area contributed by atoms with E-state index >= 15 is 0 Å². The molecule has 1 aromatic rings. The van der Waals surface area contributed by atoms with Crippen molar-refractivity contribution in [1.29, 1.82) is 0 Å². The molecule has 0 aliphatic heterocycles. The van der Waals surface area contributed by atoms with Crippen LogP contribution in [0.1, 0.15) is 63.1 Å². The van der Waals surface area contributed by atoms with E-state index in [1.807, 2.05) is 6.08 Å². The Labute approximate surface area is 105 Å². The van der Waals surface area contributed by atoms with Crippen molar-refractivity contribution in [3.05, 3.63) is 41.0 Å². The third-order valence-corrected chi connectivity index (χ3v) is 3.16. The second-order valence-electron chi connectivity index (χ2n) is 5.27. The van der Waals surface area contributed by atoms with Crippen LogP contribution in [0.5, 0.6) is 0 Å². The fourth-order valence-corrected chi connectivity index (χ4v) is 1.83. The third kappa shape index (κ3) is 3.71. The summed E-state index contributed by atoms with van der Waals surface area (Å²) >= 11 is 0. The Hall–Kier alpha value is -1.08. The van der Waals surface area contributed by atoms with E-state index in [1.54, 1.807) is 0 Å². The number of hydrogen-bond acceptors (Lipinski definition) is 1. The molecule has 17 heavy (non-hydrogen) atoms. The van der Waals surface area contributed by atoms with E-state index in [9.17, 15) is 0 Å². The van der Waals surface area contributed by atoms with Crippen LogP contribution in [-0.4, -0.2) is 11.7 Å². The Morgan fingerprint density at radius 2 is 1.53 bits per heavy atom. The second-order valence-corrected chi connectivity index (χ2v) is 5.27. The van der Waals surface area contributed by atoms with Gasteiger partial charge in [-0.15, -0.1) is 0 Å². The zero-order valence-electron chi connectivity index (χ0n) is 11.6. The molecule has 0 aliphatic carbocycles. The van der Waals surface area contributed by atoms with Crippen molar-refractivity contribution in [1.82, 2.24) is 0 Å². The van der Waals surface area contributed by atoms with Gasteiger partial charge >= 0.3 is 0 Å². The van der Waals surface area contributed by atoms with Gasteiger partial charge in [0.1, 0.15) is 0 Å². The molecule has 0 bridgehead atoms. The van der Waals surface area contributed by atoms with Crippen LogP contribution in [0.25, 0.3) is 5.57 Å². The molecule has 0 atom stereocenters. The van der Waals surface area contributed by atoms with E-state index in [1.165, 1.54) is 16.7 Å². The first kappa shape index (κ1) is 14.0. The Balaban J connectivity index is 3.26. The van der Waals surface area contributed by atoms with Gasteiger partial charge in [0.25, 0.3) is 0 Å². The van der Waals surface area contributed by atoms with Crippen molar-refractivity contribution in [2.24, 2.45) is 0 Å². The molecule has 1 rings (SSSR count). The van der Waals surface area contributed by atoms with E-state index in [2.05, 4.69) is 52.8 Å². The van der Waals surface area contributed by atoms with Gasteiger partial charge in [-0.05, 0) is 41.0 Å². The van der Waals surface area contributed by atoms with Crippen LogP contribution in [0.3, 0.4) is 0 Å². The highest BCUT2D eigenvalue weighted by atomic mass is 16.2. The van der Waals surface area contributed by atoms with Gasteiger partial charge < -0.3 is 5.11 Å². The summed E-state index contributed by atoms with van der Waals surface area (Å²) in [5.74, 6) is 1.07. The maximum Gasteiger partial charge on any atom is 0.0618 e. The summed E-state index contributed by atoms with van der Waals surface area (Å²) < 4.78 is 0. The monoisotopic (exact) mass is 232 g/mol. The maximum atomic E-state index is 8.98. The van der Waals surface area contributed by atoms with Crippen molar-refractivity contribution in [3.63, 3.8) is 0 Å². The number of allylic oxidation sites excluding steroid dienone is 1. The van der Waals surface area contributed by atoms with Crippen LogP contribution < -0.4 is 0 Å². The molecule has 94 valence electrons. The Morgan fingerprint density at radius 1 is 1.06 bits per heavy atom. The van der Waals surface area contributed by atoms with E-state index in [4.69, 9.17) is 5.11 Å². The van der Waals surface area contributed by atoms with Crippen LogP contribution in [0.2, 0.25) is 0 Å². The molecule has 0 radical (unpaired) electrons. The standard InChI is InChI=1S/C16H24O/c1-11(2)14-8-15(12(3)4)10-16(9-14)13(5)6-7-17/h6,8-12,17H,7H2,1-5H3. The summed E-state index contributed by atoms with van der Waals surface area (Å²) in [5, 5.41) is 8.98. The first-order valence-electron chi connectivity index (χ1n) is 6.38. The smallest absolute Gasteiger partial charge is 0.0618 e. The van der Waals surface area contributed by atoms with Gasteiger partial charge in [-0.3, -0.25) is 0 Å². The zero-order chi connectivity index (χ0) is 13.0. The lowest BCUT2D eigenvalue weighted by Crippen LogP contribution is -1.96. The zero-order valence-corrected chi connectivity index (χ0v) is 11.6. The molecule has 0 saturated heterocycles. The lowest BCUT2D eigenvalue weighted by atomic mass is 9.91. The van der Waals surface area contributed by atoms with E-state index in [0.29, 0.717) is 11.8 Å². The molecule has 1 N–H and O–H groups in total. The highest BCUT2D eigenvalue weighted by molar-refractivity contribution is 5.65. The molecule has 0 amide bonds. The van der Waals surface area contributed by atoms with Gasteiger partial charge in [-0.1, -0.05) is 52.0 Å². The van der Waals surface area contributed by atoms with Gasteiger partial charge in [0.2, 0.25) is 0 Å². The van der Waals surface area contributed by atoms with Gasteiger partial charge in [-0.2, -0.15) is 0 Å². The summed E-state index contributed by atoms with van der Waals surface area (Å²) in [6.07, 6.45) is 1.86. The average Bonchev–Trinajstić information content (AvgIpc) is 2.28. The molecule has 0 aliphatic rings. The van der Waals surface area contributed by atoms with Gasteiger partial charge in [0.05, 0.1) is 6.61 Å². The van der Waals surface area contributed by atoms with Crippen molar-refractivity contribution in [3.8, 4) is 0 Å². The number of rotatable bonds is 4. The van der Waals surface area contributed by atoms with Crippen LogP contribution >= 0.6 is 0 Å². The lowest BCUT2D eigenvalue weighted by molar-refractivity contribution is 0.343. The van der Waals surface area contributed by atoms with Crippen LogP contribution in [-0.2, 0) is 0 Å². The molecule has 1 nitrogen and oxygen atoms in total. The summed E-state index contributed by atoms with van der Waals surface area (Å²) in [6, 6.07) is 6.77. The normalized spacial score (nSPS) is 12.6. The van der Waals surface area contributed by atoms with Crippen LogP contribution in [0.15, 0.2) is 24.3 Å². The van der Waals surface area contributed by atoms with Crippen molar-refractivity contribution < 1.29 is 5.11 Å². The third-order valence-electron chi connectivity index (χ3n) is 3.16.